The average Bonchev–Trinajstić information content (AvgIpc) is 2.81. The van der Waals surface area contributed by atoms with Crippen LogP contribution in [-0.4, -0.2) is 70.9 Å². The first kappa shape index (κ1) is 21.3. The summed E-state index contributed by atoms with van der Waals surface area (Å²) in [5.41, 5.74) is 2.63. The Hall–Kier alpha value is -2.93. The molecule has 2 aliphatic heterocycles. The maximum absolute atomic E-state index is 12.7. The molecule has 0 aliphatic carbocycles. The zero-order valence-electron chi connectivity index (χ0n) is 18.2. The van der Waals surface area contributed by atoms with Crippen LogP contribution >= 0.6 is 0 Å². The molecule has 1 N–H and O–H groups in total. The van der Waals surface area contributed by atoms with Crippen LogP contribution in [0.5, 0.6) is 0 Å². The predicted octanol–water partition coefficient (Wildman–Crippen LogP) is 3.30. The second kappa shape index (κ2) is 9.92. The number of amides is 3. The molecular formula is C24H31N5O2. The number of hydrogen-bond donors (Lipinski definition) is 1. The van der Waals surface area contributed by atoms with Gasteiger partial charge < -0.3 is 15.1 Å². The molecule has 0 atom stereocenters. The van der Waals surface area contributed by atoms with Crippen molar-refractivity contribution >= 4 is 17.6 Å². The number of likely N-dealkylation sites (tertiary alicyclic amines) is 1. The van der Waals surface area contributed by atoms with Gasteiger partial charge >= 0.3 is 6.03 Å². The number of rotatable bonds is 4. The van der Waals surface area contributed by atoms with Crippen molar-refractivity contribution in [2.45, 2.75) is 26.3 Å². The second-order valence-corrected chi connectivity index (χ2v) is 8.60. The highest BCUT2D eigenvalue weighted by molar-refractivity contribution is 5.95. The fourth-order valence-corrected chi connectivity index (χ4v) is 4.15. The molecule has 0 unspecified atom stereocenters. The molecule has 0 saturated carbocycles. The molecule has 0 bridgehead atoms. The molecule has 1 aromatic carbocycles. The van der Waals surface area contributed by atoms with Crippen molar-refractivity contribution in [2.75, 3.05) is 44.6 Å². The summed E-state index contributed by atoms with van der Waals surface area (Å²) in [5.74, 6) is 0.772. The number of pyridine rings is 1. The number of carbonyl (C=O) groups is 2. The number of nitrogens with zero attached hydrogens (tertiary/aromatic N) is 4. The number of urea groups is 1. The third-order valence-corrected chi connectivity index (χ3v) is 6.27. The fraction of sp³-hybridized carbons (Fsp3) is 0.458. The molecule has 0 radical (unpaired) electrons. The van der Waals surface area contributed by atoms with Crippen LogP contribution in [0.1, 0.15) is 35.7 Å². The van der Waals surface area contributed by atoms with Gasteiger partial charge in [-0.15, -0.1) is 0 Å². The Balaban J connectivity index is 1.25. The summed E-state index contributed by atoms with van der Waals surface area (Å²) in [5, 5.41) is 2.96. The van der Waals surface area contributed by atoms with E-state index in [-0.39, 0.29) is 11.9 Å². The van der Waals surface area contributed by atoms with Gasteiger partial charge in [-0.3, -0.25) is 14.7 Å². The van der Waals surface area contributed by atoms with E-state index in [0.29, 0.717) is 30.3 Å². The topological polar surface area (TPSA) is 68.8 Å². The number of benzene rings is 1. The van der Waals surface area contributed by atoms with E-state index in [0.717, 1.165) is 45.6 Å². The van der Waals surface area contributed by atoms with Crippen LogP contribution in [-0.2, 0) is 6.54 Å². The van der Waals surface area contributed by atoms with Crippen molar-refractivity contribution in [2.24, 2.45) is 5.92 Å². The molecule has 3 heterocycles. The summed E-state index contributed by atoms with van der Waals surface area (Å²) < 4.78 is 0. The summed E-state index contributed by atoms with van der Waals surface area (Å²) >= 11 is 0. The molecule has 2 saturated heterocycles. The highest BCUT2D eigenvalue weighted by Crippen LogP contribution is 2.19. The molecule has 1 aromatic heterocycles. The summed E-state index contributed by atoms with van der Waals surface area (Å²) in [4.78, 5) is 35.5. The Labute approximate surface area is 184 Å². The van der Waals surface area contributed by atoms with E-state index in [1.54, 1.807) is 0 Å². The van der Waals surface area contributed by atoms with Crippen LogP contribution < -0.4 is 5.32 Å². The maximum atomic E-state index is 12.7. The summed E-state index contributed by atoms with van der Waals surface area (Å²) in [6.07, 6.45) is 5.75. The molecule has 2 fully saturated rings. The fourth-order valence-electron chi connectivity index (χ4n) is 4.15. The highest BCUT2D eigenvalue weighted by atomic mass is 16.2. The Bertz CT molecular complexity index is 871. The van der Waals surface area contributed by atoms with E-state index in [2.05, 4.69) is 22.1 Å². The molecule has 2 aliphatic rings. The zero-order valence-corrected chi connectivity index (χ0v) is 18.2. The Kier molecular flexibility index (Phi) is 6.82. The van der Waals surface area contributed by atoms with E-state index >= 15 is 0 Å². The number of nitrogens with one attached hydrogen (secondary N) is 1. The van der Waals surface area contributed by atoms with Gasteiger partial charge in [0.15, 0.2) is 0 Å². The van der Waals surface area contributed by atoms with Gasteiger partial charge in [0.05, 0.1) is 0 Å². The Morgan fingerprint density at radius 1 is 0.903 bits per heavy atom. The van der Waals surface area contributed by atoms with E-state index in [1.807, 2.05) is 58.6 Å². The summed E-state index contributed by atoms with van der Waals surface area (Å²) in [6, 6.07) is 11.2. The molecule has 7 heteroatoms. The molecular weight excluding hydrogens is 390 g/mol. The quantitative estimate of drug-likeness (QED) is 0.822. The SMILES string of the molecule is CC1CCN(C(=O)c2ccc(NC(=O)N3CCN(Cc4ccncc4)CC3)cc2)CC1. The van der Waals surface area contributed by atoms with Crippen LogP contribution in [0.4, 0.5) is 10.5 Å². The molecule has 0 spiro atoms. The van der Waals surface area contributed by atoms with Gasteiger partial charge in [0, 0.05) is 69.5 Å². The van der Waals surface area contributed by atoms with E-state index in [1.165, 1.54) is 5.56 Å². The van der Waals surface area contributed by atoms with E-state index < -0.39 is 0 Å². The smallest absolute Gasteiger partial charge is 0.321 e. The third-order valence-electron chi connectivity index (χ3n) is 6.27. The standard InChI is InChI=1S/C24H31N5O2/c1-19-8-12-28(13-9-19)23(30)21-2-4-22(5-3-21)26-24(31)29-16-14-27(15-17-29)18-20-6-10-25-11-7-20/h2-7,10-11,19H,8-9,12-18H2,1H3,(H,26,31). The minimum absolute atomic E-state index is 0.0788. The van der Waals surface area contributed by atoms with Crippen LogP contribution in [0.25, 0.3) is 0 Å². The first-order valence-corrected chi connectivity index (χ1v) is 11.1. The van der Waals surface area contributed by atoms with Crippen LogP contribution in [0.2, 0.25) is 0 Å². The van der Waals surface area contributed by atoms with Gasteiger partial charge in [-0.1, -0.05) is 6.92 Å². The highest BCUT2D eigenvalue weighted by Gasteiger charge is 2.23. The average molecular weight is 422 g/mol. The van der Waals surface area contributed by atoms with Gasteiger partial charge in [-0.2, -0.15) is 0 Å². The number of piperazine rings is 1. The molecule has 164 valence electrons. The second-order valence-electron chi connectivity index (χ2n) is 8.60. The minimum Gasteiger partial charge on any atom is -0.339 e. The van der Waals surface area contributed by atoms with Crippen molar-refractivity contribution in [1.29, 1.82) is 0 Å². The lowest BCUT2D eigenvalue weighted by Crippen LogP contribution is -2.49. The number of hydrogen-bond acceptors (Lipinski definition) is 4. The van der Waals surface area contributed by atoms with Crippen molar-refractivity contribution in [3.63, 3.8) is 0 Å². The van der Waals surface area contributed by atoms with Gasteiger partial charge in [-0.05, 0) is 60.7 Å². The van der Waals surface area contributed by atoms with Crippen LogP contribution in [0.3, 0.4) is 0 Å². The zero-order chi connectivity index (χ0) is 21.6. The van der Waals surface area contributed by atoms with Gasteiger partial charge in [0.1, 0.15) is 0 Å². The van der Waals surface area contributed by atoms with Crippen LogP contribution in [0, 0.1) is 5.92 Å². The van der Waals surface area contributed by atoms with Gasteiger partial charge in [-0.25, -0.2) is 4.79 Å². The molecule has 3 amide bonds. The lowest BCUT2D eigenvalue weighted by atomic mass is 9.98. The van der Waals surface area contributed by atoms with Crippen molar-refractivity contribution in [1.82, 2.24) is 19.7 Å². The summed E-state index contributed by atoms with van der Waals surface area (Å²) in [6.45, 7) is 7.85. The van der Waals surface area contributed by atoms with Gasteiger partial charge in [0.25, 0.3) is 5.91 Å². The predicted molar refractivity (Wildman–Crippen MR) is 121 cm³/mol. The number of piperidine rings is 1. The third kappa shape index (κ3) is 5.61. The van der Waals surface area contributed by atoms with Gasteiger partial charge in [0.2, 0.25) is 0 Å². The Morgan fingerprint density at radius 3 is 2.19 bits per heavy atom. The van der Waals surface area contributed by atoms with E-state index in [9.17, 15) is 9.59 Å². The van der Waals surface area contributed by atoms with Crippen LogP contribution in [0.15, 0.2) is 48.8 Å². The summed E-state index contributed by atoms with van der Waals surface area (Å²) in [7, 11) is 0. The molecule has 2 aromatic rings. The largest absolute Gasteiger partial charge is 0.339 e. The number of aromatic nitrogens is 1. The van der Waals surface area contributed by atoms with Crippen molar-refractivity contribution in [3.8, 4) is 0 Å². The molecule has 4 rings (SSSR count). The Morgan fingerprint density at radius 2 is 1.55 bits per heavy atom. The first-order chi connectivity index (χ1) is 15.1. The van der Waals surface area contributed by atoms with Crippen molar-refractivity contribution < 1.29 is 9.59 Å². The lowest BCUT2D eigenvalue weighted by Gasteiger charge is -2.34. The monoisotopic (exact) mass is 421 g/mol. The first-order valence-electron chi connectivity index (χ1n) is 11.1. The number of anilines is 1. The maximum Gasteiger partial charge on any atom is 0.321 e. The van der Waals surface area contributed by atoms with Crippen molar-refractivity contribution in [3.05, 3.63) is 59.9 Å². The lowest BCUT2D eigenvalue weighted by molar-refractivity contribution is 0.0697. The minimum atomic E-state index is -0.0901. The molecule has 31 heavy (non-hydrogen) atoms. The molecule has 7 nitrogen and oxygen atoms in total. The number of carbonyl (C=O) groups excluding carboxylic acids is 2. The normalized spacial score (nSPS) is 18.1. The van der Waals surface area contributed by atoms with E-state index in [4.69, 9.17) is 0 Å².